The second-order valence-corrected chi connectivity index (χ2v) is 7.95. The molecule has 1 amide bonds. The molecule has 21 heavy (non-hydrogen) atoms. The fourth-order valence-electron chi connectivity index (χ4n) is 1.82. The standard InChI is InChI=1S/C12H22F2NO5P/c1-6-18-21(17)12(13,14)8(2)9(7-19-21)15-10(16)20-11(3,4)5/h8-9H,6-7H2,1-5H3,(H,15,16)/t8-,9+,21-/m0/s1. The quantitative estimate of drug-likeness (QED) is 0.804. The summed E-state index contributed by atoms with van der Waals surface area (Å²) >= 11 is 0. The number of rotatable bonds is 3. The Labute approximate surface area is 123 Å². The number of nitrogens with one attached hydrogen (secondary N) is 1. The van der Waals surface area contributed by atoms with Gasteiger partial charge >= 0.3 is 19.4 Å². The zero-order valence-corrected chi connectivity index (χ0v) is 13.7. The first-order valence-corrected chi connectivity index (χ1v) is 8.24. The Morgan fingerprint density at radius 1 is 1.48 bits per heavy atom. The molecule has 6 nitrogen and oxygen atoms in total. The Kier molecular flexibility index (Phi) is 5.40. The summed E-state index contributed by atoms with van der Waals surface area (Å²) in [5, 5.41) is 2.32. The second kappa shape index (κ2) is 6.18. The van der Waals surface area contributed by atoms with Crippen molar-refractivity contribution < 1.29 is 31.9 Å². The fourth-order valence-corrected chi connectivity index (χ4v) is 3.61. The van der Waals surface area contributed by atoms with E-state index in [4.69, 9.17) is 9.26 Å². The van der Waals surface area contributed by atoms with Crippen molar-refractivity contribution in [2.24, 2.45) is 5.92 Å². The van der Waals surface area contributed by atoms with E-state index in [9.17, 15) is 18.1 Å². The van der Waals surface area contributed by atoms with E-state index in [2.05, 4.69) is 9.84 Å². The van der Waals surface area contributed by atoms with Crippen molar-refractivity contribution in [2.75, 3.05) is 13.2 Å². The predicted molar refractivity (Wildman–Crippen MR) is 72.5 cm³/mol. The van der Waals surface area contributed by atoms with Crippen LogP contribution < -0.4 is 5.32 Å². The van der Waals surface area contributed by atoms with Crippen LogP contribution in [0.15, 0.2) is 0 Å². The Balaban J connectivity index is 2.78. The average Bonchev–Trinajstić information content (AvgIpc) is 2.29. The van der Waals surface area contributed by atoms with Gasteiger partial charge in [-0.3, -0.25) is 4.57 Å². The van der Waals surface area contributed by atoms with Gasteiger partial charge < -0.3 is 19.1 Å². The minimum Gasteiger partial charge on any atom is -0.444 e. The van der Waals surface area contributed by atoms with Gasteiger partial charge in [-0.15, -0.1) is 0 Å². The van der Waals surface area contributed by atoms with E-state index in [0.29, 0.717) is 0 Å². The molecule has 0 aromatic rings. The third kappa shape index (κ3) is 4.14. The van der Waals surface area contributed by atoms with Crippen molar-refractivity contribution in [3.05, 3.63) is 0 Å². The van der Waals surface area contributed by atoms with E-state index in [1.54, 1.807) is 20.8 Å². The summed E-state index contributed by atoms with van der Waals surface area (Å²) in [4.78, 5) is 11.6. The van der Waals surface area contributed by atoms with Crippen LogP contribution in [0.25, 0.3) is 0 Å². The molecule has 124 valence electrons. The lowest BCUT2D eigenvalue weighted by Gasteiger charge is -2.39. The number of carbonyl (C=O) groups is 1. The number of ether oxygens (including phenoxy) is 1. The molecule has 1 N–H and O–H groups in total. The summed E-state index contributed by atoms with van der Waals surface area (Å²) < 4.78 is 54.7. The van der Waals surface area contributed by atoms with Gasteiger partial charge in [-0.1, -0.05) is 6.92 Å². The van der Waals surface area contributed by atoms with Crippen molar-refractivity contribution in [3.8, 4) is 0 Å². The molecule has 0 radical (unpaired) electrons. The van der Waals surface area contributed by atoms with E-state index in [0.717, 1.165) is 0 Å². The highest BCUT2D eigenvalue weighted by Gasteiger charge is 2.62. The highest BCUT2D eigenvalue weighted by Crippen LogP contribution is 2.67. The highest BCUT2D eigenvalue weighted by atomic mass is 31.2. The van der Waals surface area contributed by atoms with Crippen molar-refractivity contribution in [1.82, 2.24) is 5.32 Å². The van der Waals surface area contributed by atoms with E-state index >= 15 is 0 Å². The van der Waals surface area contributed by atoms with Crippen molar-refractivity contribution in [1.29, 1.82) is 0 Å². The maximum Gasteiger partial charge on any atom is 0.407 e. The molecule has 1 aliphatic heterocycles. The van der Waals surface area contributed by atoms with Crippen LogP contribution in [0.4, 0.5) is 13.6 Å². The molecule has 0 aliphatic carbocycles. The van der Waals surface area contributed by atoms with E-state index in [1.807, 2.05) is 0 Å². The number of carbonyl (C=O) groups excluding carboxylic acids is 1. The zero-order valence-electron chi connectivity index (χ0n) is 12.8. The number of hydrogen-bond donors (Lipinski definition) is 1. The van der Waals surface area contributed by atoms with E-state index < -0.39 is 36.9 Å². The largest absolute Gasteiger partial charge is 0.444 e. The molecule has 1 saturated heterocycles. The topological polar surface area (TPSA) is 73.9 Å². The van der Waals surface area contributed by atoms with Crippen LogP contribution in [-0.4, -0.2) is 36.6 Å². The van der Waals surface area contributed by atoms with E-state index in [-0.39, 0.29) is 13.2 Å². The first kappa shape index (κ1) is 18.3. The van der Waals surface area contributed by atoms with Gasteiger partial charge in [-0.05, 0) is 27.7 Å². The molecule has 0 unspecified atom stereocenters. The summed E-state index contributed by atoms with van der Waals surface area (Å²) in [5.41, 5.74) is -4.42. The Morgan fingerprint density at radius 2 is 2.05 bits per heavy atom. The number of amides is 1. The summed E-state index contributed by atoms with van der Waals surface area (Å²) in [6.07, 6.45) is -0.827. The van der Waals surface area contributed by atoms with Crippen LogP contribution in [0.1, 0.15) is 34.6 Å². The van der Waals surface area contributed by atoms with Crippen LogP contribution in [0.2, 0.25) is 0 Å². The fraction of sp³-hybridized carbons (Fsp3) is 0.917. The van der Waals surface area contributed by atoms with Crippen LogP contribution >= 0.6 is 7.60 Å². The lowest BCUT2D eigenvalue weighted by atomic mass is 10.0. The maximum atomic E-state index is 14.2. The molecule has 1 aliphatic rings. The van der Waals surface area contributed by atoms with E-state index in [1.165, 1.54) is 13.8 Å². The van der Waals surface area contributed by atoms with Crippen LogP contribution in [0.5, 0.6) is 0 Å². The van der Waals surface area contributed by atoms with Gasteiger partial charge in [0.2, 0.25) is 0 Å². The van der Waals surface area contributed by atoms with Crippen molar-refractivity contribution in [3.63, 3.8) is 0 Å². The molecule has 0 saturated carbocycles. The second-order valence-electron chi connectivity index (χ2n) is 5.84. The molecular formula is C12H22F2NO5P. The van der Waals surface area contributed by atoms with Crippen molar-refractivity contribution in [2.45, 2.75) is 51.9 Å². The summed E-state index contributed by atoms with van der Waals surface area (Å²) in [6.45, 7) is 7.14. The highest BCUT2D eigenvalue weighted by molar-refractivity contribution is 7.55. The molecule has 0 aromatic heterocycles. The maximum absolute atomic E-state index is 14.2. The first-order valence-electron chi connectivity index (χ1n) is 6.69. The Bertz CT molecular complexity index is 438. The molecule has 1 rings (SSSR count). The predicted octanol–water partition coefficient (Wildman–Crippen LogP) is 3.37. The molecule has 0 spiro atoms. The van der Waals surface area contributed by atoms with Gasteiger partial charge in [-0.2, -0.15) is 8.78 Å². The number of hydrogen-bond acceptors (Lipinski definition) is 5. The summed E-state index contributed by atoms with van der Waals surface area (Å²) in [5.74, 6) is -1.41. The minimum atomic E-state index is -4.52. The lowest BCUT2D eigenvalue weighted by molar-refractivity contribution is -0.0533. The molecule has 9 heteroatoms. The SMILES string of the molecule is CCO[P@]1(=O)OC[C@@H](NC(=O)OC(C)(C)C)[C@H](C)C1(F)F. The van der Waals surface area contributed by atoms with Crippen LogP contribution in [0, 0.1) is 5.92 Å². The minimum absolute atomic E-state index is 0.149. The molecular weight excluding hydrogens is 307 g/mol. The smallest absolute Gasteiger partial charge is 0.407 e. The van der Waals surface area contributed by atoms with Gasteiger partial charge in [0.25, 0.3) is 0 Å². The monoisotopic (exact) mass is 329 g/mol. The molecule has 0 aromatic carbocycles. The number of alkyl carbamates (subject to hydrolysis) is 1. The van der Waals surface area contributed by atoms with Crippen LogP contribution in [0.3, 0.4) is 0 Å². The normalized spacial score (nSPS) is 32.5. The number of alkyl halides is 2. The molecule has 1 heterocycles. The Hall–Kier alpha value is -0.720. The molecule has 1 fully saturated rings. The third-order valence-electron chi connectivity index (χ3n) is 2.94. The van der Waals surface area contributed by atoms with Gasteiger partial charge in [0.05, 0.1) is 25.2 Å². The van der Waals surface area contributed by atoms with Gasteiger partial charge in [0.1, 0.15) is 5.60 Å². The number of halogens is 2. The average molecular weight is 329 g/mol. The zero-order chi connectivity index (χ0) is 16.5. The van der Waals surface area contributed by atoms with Gasteiger partial charge in [0, 0.05) is 0 Å². The third-order valence-corrected chi connectivity index (χ3v) is 5.17. The van der Waals surface area contributed by atoms with Crippen LogP contribution in [-0.2, 0) is 18.3 Å². The Morgan fingerprint density at radius 3 is 2.52 bits per heavy atom. The lowest BCUT2D eigenvalue weighted by Crippen LogP contribution is -2.53. The summed E-state index contributed by atoms with van der Waals surface area (Å²) in [7, 11) is -4.52. The molecule has 0 bridgehead atoms. The first-order chi connectivity index (χ1) is 9.43. The molecule has 3 atom stereocenters. The van der Waals surface area contributed by atoms with Crippen molar-refractivity contribution >= 4 is 13.7 Å². The summed E-state index contributed by atoms with van der Waals surface area (Å²) in [6, 6.07) is -1.02. The van der Waals surface area contributed by atoms with Gasteiger partial charge in [0.15, 0.2) is 0 Å². The van der Waals surface area contributed by atoms with Gasteiger partial charge in [-0.25, -0.2) is 4.79 Å².